The molecule has 2 rings (SSSR count). The molecular weight excluding hydrogens is 261 g/mol. The van der Waals surface area contributed by atoms with Gasteiger partial charge in [0.25, 0.3) is 0 Å². The summed E-state index contributed by atoms with van der Waals surface area (Å²) >= 11 is 0. The van der Waals surface area contributed by atoms with E-state index in [2.05, 4.69) is 4.74 Å². The number of rotatable bonds is 3. The maximum atomic E-state index is 12.2. The van der Waals surface area contributed by atoms with Crippen LogP contribution < -0.4 is 4.74 Å². The summed E-state index contributed by atoms with van der Waals surface area (Å²) in [5.74, 6) is -1.55. The number of Topliss-reactive ketones (excluding diaryl/α,β-unsaturated/α-hetero) is 2. The summed E-state index contributed by atoms with van der Waals surface area (Å²) in [6.07, 6.45) is -4.06. The maximum Gasteiger partial charge on any atom is 0.573 e. The summed E-state index contributed by atoms with van der Waals surface area (Å²) in [7, 11) is 0. The van der Waals surface area contributed by atoms with E-state index in [4.69, 9.17) is 0 Å². The van der Waals surface area contributed by atoms with Crippen LogP contribution in [0.1, 0.15) is 29.6 Å². The number of ether oxygens (including phenoxy) is 1. The topological polar surface area (TPSA) is 43.4 Å². The average Bonchev–Trinajstić information content (AvgIpc) is 2.74. The van der Waals surface area contributed by atoms with E-state index in [1.54, 1.807) is 0 Å². The van der Waals surface area contributed by atoms with Crippen molar-refractivity contribution in [3.63, 3.8) is 0 Å². The van der Waals surface area contributed by atoms with Gasteiger partial charge in [0.05, 0.1) is 5.56 Å². The Morgan fingerprint density at radius 3 is 2.53 bits per heavy atom. The number of para-hydroxylation sites is 1. The van der Waals surface area contributed by atoms with Gasteiger partial charge in [0.15, 0.2) is 5.78 Å². The number of hydrogen-bond donors (Lipinski definition) is 0. The van der Waals surface area contributed by atoms with Crippen LogP contribution in [-0.4, -0.2) is 17.9 Å². The van der Waals surface area contributed by atoms with E-state index in [1.165, 1.54) is 18.2 Å². The van der Waals surface area contributed by atoms with Crippen molar-refractivity contribution < 1.29 is 27.5 Å². The Labute approximate surface area is 107 Å². The zero-order valence-electron chi connectivity index (χ0n) is 9.87. The minimum absolute atomic E-state index is 0.0347. The molecule has 0 radical (unpaired) electrons. The molecule has 0 amide bonds. The Kier molecular flexibility index (Phi) is 3.59. The highest BCUT2D eigenvalue weighted by Gasteiger charge is 2.35. The number of halogens is 3. The lowest BCUT2D eigenvalue weighted by atomic mass is 9.95. The van der Waals surface area contributed by atoms with E-state index in [-0.39, 0.29) is 17.8 Å². The molecule has 1 saturated carbocycles. The highest BCUT2D eigenvalue weighted by Crippen LogP contribution is 2.32. The molecule has 0 saturated heterocycles. The van der Waals surface area contributed by atoms with Crippen molar-refractivity contribution in [1.29, 1.82) is 0 Å². The number of carbonyl (C=O) groups is 2. The monoisotopic (exact) mass is 272 g/mol. The normalized spacial score (nSPS) is 19.5. The van der Waals surface area contributed by atoms with Gasteiger partial charge in [-0.15, -0.1) is 13.2 Å². The molecule has 3 nitrogen and oxygen atoms in total. The first-order valence-corrected chi connectivity index (χ1v) is 5.77. The molecule has 1 unspecified atom stereocenters. The van der Waals surface area contributed by atoms with Crippen LogP contribution in [0.15, 0.2) is 24.3 Å². The molecule has 1 aromatic rings. The van der Waals surface area contributed by atoms with Crippen LogP contribution in [0.4, 0.5) is 13.2 Å². The van der Waals surface area contributed by atoms with E-state index in [0.29, 0.717) is 12.8 Å². The van der Waals surface area contributed by atoms with Crippen LogP contribution in [0.2, 0.25) is 0 Å². The molecule has 1 fully saturated rings. The molecule has 0 spiro atoms. The first kappa shape index (κ1) is 13.6. The van der Waals surface area contributed by atoms with E-state index in [1.807, 2.05) is 0 Å². The molecule has 6 heteroatoms. The van der Waals surface area contributed by atoms with E-state index in [9.17, 15) is 22.8 Å². The van der Waals surface area contributed by atoms with Gasteiger partial charge in [-0.3, -0.25) is 9.59 Å². The lowest BCUT2D eigenvalue weighted by Crippen LogP contribution is -2.20. The smallest absolute Gasteiger partial charge is 0.405 e. The fourth-order valence-corrected chi connectivity index (χ4v) is 2.14. The van der Waals surface area contributed by atoms with Gasteiger partial charge in [-0.05, 0) is 18.6 Å². The summed E-state index contributed by atoms with van der Waals surface area (Å²) in [6, 6.07) is 5.20. The van der Waals surface area contributed by atoms with Crippen molar-refractivity contribution in [2.45, 2.75) is 25.6 Å². The van der Waals surface area contributed by atoms with Crippen molar-refractivity contribution in [3.8, 4) is 5.75 Å². The highest BCUT2D eigenvalue weighted by molar-refractivity contribution is 6.03. The Hall–Kier alpha value is -1.85. The van der Waals surface area contributed by atoms with Gasteiger partial charge >= 0.3 is 6.36 Å². The molecule has 0 aromatic heterocycles. The predicted molar refractivity (Wildman–Crippen MR) is 59.8 cm³/mol. The number of hydrogen-bond acceptors (Lipinski definition) is 3. The van der Waals surface area contributed by atoms with E-state index < -0.39 is 23.8 Å². The minimum Gasteiger partial charge on any atom is -0.405 e. The van der Waals surface area contributed by atoms with Gasteiger partial charge in [0, 0.05) is 18.8 Å². The maximum absolute atomic E-state index is 12.2. The minimum atomic E-state index is -4.85. The van der Waals surface area contributed by atoms with E-state index >= 15 is 0 Å². The third kappa shape index (κ3) is 3.33. The quantitative estimate of drug-likeness (QED) is 0.794. The number of ketones is 2. The fourth-order valence-electron chi connectivity index (χ4n) is 2.14. The SMILES string of the molecule is O=C1CCC(C(=O)c2ccccc2OC(F)(F)F)C1. The van der Waals surface area contributed by atoms with Crippen LogP contribution in [0.3, 0.4) is 0 Å². The molecule has 1 atom stereocenters. The fraction of sp³-hybridized carbons (Fsp3) is 0.385. The Morgan fingerprint density at radius 1 is 1.26 bits per heavy atom. The molecule has 0 bridgehead atoms. The van der Waals surface area contributed by atoms with Crippen LogP contribution in [0, 0.1) is 5.92 Å². The largest absolute Gasteiger partial charge is 0.573 e. The molecule has 1 aliphatic carbocycles. The first-order valence-electron chi connectivity index (χ1n) is 5.77. The predicted octanol–water partition coefficient (Wildman–Crippen LogP) is 3.14. The molecule has 1 aromatic carbocycles. The lowest BCUT2D eigenvalue weighted by Gasteiger charge is -2.14. The standard InChI is InChI=1S/C13H11F3O3/c14-13(15,16)19-11-4-2-1-3-10(11)12(18)8-5-6-9(17)7-8/h1-4,8H,5-7H2. The second kappa shape index (κ2) is 5.03. The molecule has 0 N–H and O–H groups in total. The molecule has 102 valence electrons. The second-order valence-electron chi connectivity index (χ2n) is 4.39. The Morgan fingerprint density at radius 2 is 1.95 bits per heavy atom. The molecule has 0 heterocycles. The lowest BCUT2D eigenvalue weighted by molar-refractivity contribution is -0.274. The van der Waals surface area contributed by atoms with Gasteiger partial charge < -0.3 is 4.74 Å². The van der Waals surface area contributed by atoms with Gasteiger partial charge in [-0.25, -0.2) is 0 Å². The summed E-state index contributed by atoms with van der Waals surface area (Å²) in [4.78, 5) is 23.2. The second-order valence-corrected chi connectivity index (χ2v) is 4.39. The summed E-state index contributed by atoms with van der Waals surface area (Å²) in [6.45, 7) is 0. The van der Waals surface area contributed by atoms with Crippen LogP contribution in [-0.2, 0) is 4.79 Å². The van der Waals surface area contributed by atoms with Gasteiger partial charge in [-0.2, -0.15) is 0 Å². The number of alkyl halides is 3. The van der Waals surface area contributed by atoms with Crippen LogP contribution in [0.25, 0.3) is 0 Å². The van der Waals surface area contributed by atoms with Gasteiger partial charge in [-0.1, -0.05) is 12.1 Å². The average molecular weight is 272 g/mol. The first-order chi connectivity index (χ1) is 8.87. The number of carbonyl (C=O) groups excluding carboxylic acids is 2. The van der Waals surface area contributed by atoms with Crippen molar-refractivity contribution in [2.75, 3.05) is 0 Å². The van der Waals surface area contributed by atoms with Crippen molar-refractivity contribution in [1.82, 2.24) is 0 Å². The zero-order valence-corrected chi connectivity index (χ0v) is 9.87. The third-order valence-corrected chi connectivity index (χ3v) is 2.99. The Bertz CT molecular complexity index is 508. The summed E-state index contributed by atoms with van der Waals surface area (Å²) in [5, 5.41) is 0. The molecule has 1 aliphatic rings. The van der Waals surface area contributed by atoms with Crippen LogP contribution in [0.5, 0.6) is 5.75 Å². The van der Waals surface area contributed by atoms with Gasteiger partial charge in [0.1, 0.15) is 11.5 Å². The van der Waals surface area contributed by atoms with Crippen LogP contribution >= 0.6 is 0 Å². The molecule has 0 aliphatic heterocycles. The third-order valence-electron chi connectivity index (χ3n) is 2.99. The highest BCUT2D eigenvalue weighted by atomic mass is 19.4. The van der Waals surface area contributed by atoms with Gasteiger partial charge in [0.2, 0.25) is 0 Å². The number of benzene rings is 1. The molecular formula is C13H11F3O3. The molecule has 19 heavy (non-hydrogen) atoms. The summed E-state index contributed by atoms with van der Waals surface area (Å²) in [5.41, 5.74) is -0.125. The van der Waals surface area contributed by atoms with Crippen molar-refractivity contribution in [2.24, 2.45) is 5.92 Å². The summed E-state index contributed by atoms with van der Waals surface area (Å²) < 4.78 is 40.5. The van der Waals surface area contributed by atoms with E-state index in [0.717, 1.165) is 6.07 Å². The Balaban J connectivity index is 2.24. The van der Waals surface area contributed by atoms with Crippen molar-refractivity contribution >= 4 is 11.6 Å². The van der Waals surface area contributed by atoms with Crippen molar-refractivity contribution in [3.05, 3.63) is 29.8 Å². The zero-order chi connectivity index (χ0) is 14.0.